The smallest absolute Gasteiger partial charge is 0.147 e. The molecule has 0 bridgehead atoms. The summed E-state index contributed by atoms with van der Waals surface area (Å²) in [5.41, 5.74) is 8.71. The van der Waals surface area contributed by atoms with Gasteiger partial charge < -0.3 is 20.1 Å². The molecule has 1 unspecified atom stereocenters. The van der Waals surface area contributed by atoms with Gasteiger partial charge >= 0.3 is 0 Å². The van der Waals surface area contributed by atoms with Crippen molar-refractivity contribution in [3.63, 3.8) is 0 Å². The van der Waals surface area contributed by atoms with Crippen molar-refractivity contribution in [2.75, 3.05) is 5.73 Å². The Morgan fingerprint density at radius 3 is 2.79 bits per heavy atom. The molecular weight excluding hydrogens is 304 g/mol. The van der Waals surface area contributed by atoms with Crippen LogP contribution >= 0.6 is 0 Å². The van der Waals surface area contributed by atoms with Crippen LogP contribution in [0.2, 0.25) is 0 Å². The van der Waals surface area contributed by atoms with Crippen molar-refractivity contribution in [1.29, 1.82) is 0 Å². The molecule has 6 nitrogen and oxygen atoms in total. The van der Waals surface area contributed by atoms with Crippen molar-refractivity contribution in [1.82, 2.24) is 14.5 Å². The highest BCUT2D eigenvalue weighted by Crippen LogP contribution is 2.37. The quantitative estimate of drug-likeness (QED) is 0.773. The van der Waals surface area contributed by atoms with Crippen LogP contribution in [-0.4, -0.2) is 25.7 Å². The lowest BCUT2D eigenvalue weighted by Gasteiger charge is -2.20. The molecule has 0 spiro atoms. The molecule has 1 fully saturated rings. The number of ether oxygens (including phenoxy) is 1. The minimum Gasteiger partial charge on any atom is -0.386 e. The van der Waals surface area contributed by atoms with Crippen molar-refractivity contribution in [3.05, 3.63) is 54.0 Å². The minimum atomic E-state index is -0.628. The normalized spacial score (nSPS) is 22.1. The van der Waals surface area contributed by atoms with E-state index in [0.29, 0.717) is 5.82 Å². The highest BCUT2D eigenvalue weighted by atomic mass is 16.5. The van der Waals surface area contributed by atoms with E-state index in [0.717, 1.165) is 29.4 Å². The van der Waals surface area contributed by atoms with Gasteiger partial charge in [0.25, 0.3) is 0 Å². The molecule has 3 aromatic rings. The Kier molecular flexibility index (Phi) is 3.70. The molecule has 1 saturated heterocycles. The van der Waals surface area contributed by atoms with E-state index in [2.05, 4.69) is 9.97 Å². The van der Waals surface area contributed by atoms with E-state index in [-0.39, 0.29) is 12.3 Å². The van der Waals surface area contributed by atoms with Gasteiger partial charge in [-0.15, -0.1) is 0 Å². The van der Waals surface area contributed by atoms with Crippen LogP contribution < -0.4 is 5.73 Å². The predicted molar refractivity (Wildman–Crippen MR) is 91.2 cm³/mol. The standard InChI is InChI=1S/C18H20N4O2/c1-11-2-4-12(5-3-11)16(23)14-6-7-15(24-14)22-9-8-13-17(19)20-10-21-18(13)22/h2-5,8-10,14-16,23H,6-7H2,1H3,(H2,19,20,21)/t14-,15+,16?/m0/s1. The largest absolute Gasteiger partial charge is 0.386 e. The Morgan fingerprint density at radius 2 is 2.00 bits per heavy atom. The molecule has 4 rings (SSSR count). The Hall–Kier alpha value is -2.44. The van der Waals surface area contributed by atoms with E-state index >= 15 is 0 Å². The molecule has 1 aromatic carbocycles. The van der Waals surface area contributed by atoms with Crippen LogP contribution in [0.5, 0.6) is 0 Å². The summed E-state index contributed by atoms with van der Waals surface area (Å²) in [6, 6.07) is 9.82. The third kappa shape index (κ3) is 2.53. The summed E-state index contributed by atoms with van der Waals surface area (Å²) in [6.45, 7) is 2.03. The fourth-order valence-electron chi connectivity index (χ4n) is 3.28. The lowest BCUT2D eigenvalue weighted by atomic mass is 10.0. The molecule has 3 atom stereocenters. The monoisotopic (exact) mass is 324 g/mol. The topological polar surface area (TPSA) is 86.2 Å². The third-order valence-corrected chi connectivity index (χ3v) is 4.65. The van der Waals surface area contributed by atoms with E-state index in [1.807, 2.05) is 48.0 Å². The van der Waals surface area contributed by atoms with Gasteiger partial charge in [0.15, 0.2) is 0 Å². The average Bonchev–Trinajstić information content (AvgIpc) is 3.22. The Bertz CT molecular complexity index is 859. The molecular formula is C18H20N4O2. The highest BCUT2D eigenvalue weighted by Gasteiger charge is 2.33. The zero-order valence-electron chi connectivity index (χ0n) is 13.5. The second-order valence-electron chi connectivity index (χ2n) is 6.28. The van der Waals surface area contributed by atoms with Crippen LogP contribution in [0.15, 0.2) is 42.9 Å². The number of aromatic nitrogens is 3. The molecule has 2 aromatic heterocycles. The van der Waals surface area contributed by atoms with Gasteiger partial charge in [0.1, 0.15) is 30.1 Å². The zero-order chi connectivity index (χ0) is 16.7. The number of fused-ring (bicyclic) bond motifs is 1. The van der Waals surface area contributed by atoms with Gasteiger partial charge in [-0.1, -0.05) is 29.8 Å². The molecule has 0 saturated carbocycles. The number of aryl methyl sites for hydroxylation is 1. The molecule has 3 heterocycles. The van der Waals surface area contributed by atoms with E-state index < -0.39 is 6.10 Å². The molecule has 124 valence electrons. The first-order valence-electron chi connectivity index (χ1n) is 8.10. The molecule has 1 aliphatic heterocycles. The van der Waals surface area contributed by atoms with E-state index in [1.54, 1.807) is 0 Å². The number of rotatable bonds is 3. The summed E-state index contributed by atoms with van der Waals surface area (Å²) in [5, 5.41) is 11.4. The molecule has 0 radical (unpaired) electrons. The second kappa shape index (κ2) is 5.89. The van der Waals surface area contributed by atoms with Gasteiger partial charge in [-0.3, -0.25) is 0 Å². The van der Waals surface area contributed by atoms with Crippen LogP contribution in [0.1, 0.15) is 36.3 Å². The van der Waals surface area contributed by atoms with Crippen LogP contribution in [0, 0.1) is 6.92 Å². The van der Waals surface area contributed by atoms with Crippen molar-refractivity contribution >= 4 is 16.9 Å². The van der Waals surface area contributed by atoms with E-state index in [4.69, 9.17) is 10.5 Å². The van der Waals surface area contributed by atoms with Crippen molar-refractivity contribution in [3.8, 4) is 0 Å². The lowest BCUT2D eigenvalue weighted by molar-refractivity contribution is -0.0590. The summed E-state index contributed by atoms with van der Waals surface area (Å²) < 4.78 is 8.08. The minimum absolute atomic E-state index is 0.151. The molecule has 6 heteroatoms. The molecule has 0 aliphatic carbocycles. The number of hydrogen-bond acceptors (Lipinski definition) is 5. The maximum atomic E-state index is 10.6. The van der Waals surface area contributed by atoms with E-state index in [1.165, 1.54) is 11.9 Å². The lowest BCUT2D eigenvalue weighted by Crippen LogP contribution is -2.19. The average molecular weight is 324 g/mol. The second-order valence-corrected chi connectivity index (χ2v) is 6.28. The summed E-state index contributed by atoms with van der Waals surface area (Å²) in [6.07, 6.45) is 3.98. The van der Waals surface area contributed by atoms with Crippen molar-refractivity contribution < 1.29 is 9.84 Å². The fraction of sp³-hybridized carbons (Fsp3) is 0.333. The Labute approximate surface area is 139 Å². The molecule has 24 heavy (non-hydrogen) atoms. The van der Waals surface area contributed by atoms with Crippen LogP contribution in [-0.2, 0) is 4.74 Å². The summed E-state index contributed by atoms with van der Waals surface area (Å²) >= 11 is 0. The first-order chi connectivity index (χ1) is 11.6. The van der Waals surface area contributed by atoms with Gasteiger partial charge in [0, 0.05) is 6.20 Å². The van der Waals surface area contributed by atoms with Gasteiger partial charge in [0.05, 0.1) is 11.5 Å². The first-order valence-corrected chi connectivity index (χ1v) is 8.10. The number of anilines is 1. The number of aliphatic hydroxyl groups is 1. The zero-order valence-corrected chi connectivity index (χ0v) is 13.5. The maximum absolute atomic E-state index is 10.6. The highest BCUT2D eigenvalue weighted by molar-refractivity contribution is 5.86. The molecule has 0 amide bonds. The maximum Gasteiger partial charge on any atom is 0.147 e. The van der Waals surface area contributed by atoms with Crippen molar-refractivity contribution in [2.45, 2.75) is 38.2 Å². The summed E-state index contributed by atoms with van der Waals surface area (Å²) in [4.78, 5) is 8.32. The predicted octanol–water partition coefficient (Wildman–Crippen LogP) is 2.73. The number of aliphatic hydroxyl groups excluding tert-OH is 1. The van der Waals surface area contributed by atoms with Crippen LogP contribution in [0.4, 0.5) is 5.82 Å². The first kappa shape index (κ1) is 15.1. The van der Waals surface area contributed by atoms with Gasteiger partial charge in [-0.05, 0) is 31.4 Å². The van der Waals surface area contributed by atoms with Crippen molar-refractivity contribution in [2.24, 2.45) is 0 Å². The molecule has 1 aliphatic rings. The van der Waals surface area contributed by atoms with Crippen LogP contribution in [0.3, 0.4) is 0 Å². The number of nitrogens with zero attached hydrogens (tertiary/aromatic N) is 3. The summed E-state index contributed by atoms with van der Waals surface area (Å²) in [5.74, 6) is 0.466. The number of nitrogens with two attached hydrogens (primary N) is 1. The number of benzene rings is 1. The Morgan fingerprint density at radius 1 is 1.21 bits per heavy atom. The number of nitrogen functional groups attached to an aromatic ring is 1. The van der Waals surface area contributed by atoms with E-state index in [9.17, 15) is 5.11 Å². The molecule has 3 N–H and O–H groups in total. The third-order valence-electron chi connectivity index (χ3n) is 4.65. The van der Waals surface area contributed by atoms with Crippen LogP contribution in [0.25, 0.3) is 11.0 Å². The SMILES string of the molecule is Cc1ccc(C(O)[C@@H]2CC[C@H](n3ccc4c(N)ncnc43)O2)cc1. The Balaban J connectivity index is 1.55. The van der Waals surface area contributed by atoms with Gasteiger partial charge in [-0.25, -0.2) is 9.97 Å². The summed E-state index contributed by atoms with van der Waals surface area (Å²) in [7, 11) is 0. The fourth-order valence-corrected chi connectivity index (χ4v) is 3.28. The van der Waals surface area contributed by atoms with Gasteiger partial charge in [-0.2, -0.15) is 0 Å². The number of hydrogen-bond donors (Lipinski definition) is 2. The van der Waals surface area contributed by atoms with Gasteiger partial charge in [0.2, 0.25) is 0 Å².